The zero-order valence-electron chi connectivity index (χ0n) is 26.1. The zero-order valence-corrected chi connectivity index (χ0v) is 27.7. The number of nitrogens with one attached hydrogen (secondary N) is 2. The van der Waals surface area contributed by atoms with Crippen molar-refractivity contribution in [2.75, 3.05) is 26.7 Å². The van der Waals surface area contributed by atoms with Crippen LogP contribution >= 0.6 is 21.6 Å². The van der Waals surface area contributed by atoms with E-state index in [9.17, 15) is 24.0 Å². The van der Waals surface area contributed by atoms with Crippen molar-refractivity contribution in [3.8, 4) is 0 Å². The topological polar surface area (TPSA) is 122 Å². The van der Waals surface area contributed by atoms with Gasteiger partial charge in [0, 0.05) is 44.0 Å². The predicted molar refractivity (Wildman–Crippen MR) is 165 cm³/mol. The maximum atomic E-state index is 12.4. The fourth-order valence-corrected chi connectivity index (χ4v) is 5.81. The molecule has 0 fully saturated rings. The highest BCUT2D eigenvalue weighted by Crippen LogP contribution is 2.40. The second-order valence-corrected chi connectivity index (χ2v) is 15.0. The van der Waals surface area contributed by atoms with E-state index in [4.69, 9.17) is 4.74 Å². The Bertz CT molecular complexity index is 820. The monoisotopic (exact) mass is 603 g/mol. The van der Waals surface area contributed by atoms with Gasteiger partial charge in [0.15, 0.2) is 5.78 Å². The lowest BCUT2D eigenvalue weighted by atomic mass is 10.1. The van der Waals surface area contributed by atoms with Crippen molar-refractivity contribution in [2.24, 2.45) is 5.92 Å². The van der Waals surface area contributed by atoms with E-state index in [2.05, 4.69) is 17.6 Å². The van der Waals surface area contributed by atoms with Crippen molar-refractivity contribution in [2.45, 2.75) is 122 Å². The fourth-order valence-electron chi connectivity index (χ4n) is 3.35. The van der Waals surface area contributed by atoms with E-state index in [1.54, 1.807) is 35.6 Å². The summed E-state index contributed by atoms with van der Waals surface area (Å²) in [7, 11) is 4.89. The Morgan fingerprint density at radius 2 is 1.55 bits per heavy atom. The van der Waals surface area contributed by atoms with Crippen LogP contribution in [0.4, 0.5) is 0 Å². The molecule has 0 aromatic carbocycles. The van der Waals surface area contributed by atoms with Crippen molar-refractivity contribution in [3.05, 3.63) is 0 Å². The number of esters is 1. The lowest BCUT2D eigenvalue weighted by molar-refractivity contribution is -0.148. The first-order valence-corrected chi connectivity index (χ1v) is 16.6. The summed E-state index contributed by atoms with van der Waals surface area (Å²) in [6, 6.07) is -0.232. The van der Waals surface area contributed by atoms with Gasteiger partial charge in [-0.15, -0.1) is 0 Å². The van der Waals surface area contributed by atoms with Gasteiger partial charge in [-0.1, -0.05) is 56.2 Å². The second-order valence-electron chi connectivity index (χ2n) is 11.7. The minimum absolute atomic E-state index is 0.0337. The number of rotatable bonds is 22. The van der Waals surface area contributed by atoms with Crippen molar-refractivity contribution in [1.29, 1.82) is 0 Å². The Hall–Kier alpha value is -1.59. The molecule has 0 spiro atoms. The average Bonchev–Trinajstić information content (AvgIpc) is 2.86. The SMILES string of the molecule is CC(C)NCCCC(=O)[C@H](C)NC(=O)CN(C)C(=O)CCCC(=O)CCC(C)SSC(C)(C)COC(=O)C(C)C. The first-order chi connectivity index (χ1) is 18.5. The zero-order chi connectivity index (χ0) is 30.9. The molecule has 0 aliphatic heterocycles. The van der Waals surface area contributed by atoms with Crippen molar-refractivity contribution in [1.82, 2.24) is 15.5 Å². The number of amides is 2. The molecule has 232 valence electrons. The Kier molecular flexibility index (Phi) is 19.5. The second kappa shape index (κ2) is 20.3. The summed E-state index contributed by atoms with van der Waals surface area (Å²) in [6.07, 6.45) is 3.23. The molecule has 2 N–H and O–H groups in total. The van der Waals surface area contributed by atoms with Gasteiger partial charge in [-0.05, 0) is 46.6 Å². The van der Waals surface area contributed by atoms with Crippen molar-refractivity contribution < 1.29 is 28.7 Å². The highest BCUT2D eigenvalue weighted by atomic mass is 33.1. The van der Waals surface area contributed by atoms with Crippen molar-refractivity contribution >= 4 is 50.9 Å². The van der Waals surface area contributed by atoms with E-state index < -0.39 is 6.04 Å². The predicted octanol–water partition coefficient (Wildman–Crippen LogP) is 4.56. The van der Waals surface area contributed by atoms with Gasteiger partial charge in [-0.3, -0.25) is 24.0 Å². The molecule has 11 heteroatoms. The van der Waals surface area contributed by atoms with Crippen LogP contribution in [0.2, 0.25) is 0 Å². The molecule has 1 unspecified atom stereocenters. The molecule has 0 aliphatic rings. The van der Waals surface area contributed by atoms with Crippen LogP contribution in [0.1, 0.15) is 100 Å². The van der Waals surface area contributed by atoms with Gasteiger partial charge in [-0.2, -0.15) is 0 Å². The first kappa shape index (κ1) is 38.4. The van der Waals surface area contributed by atoms with Gasteiger partial charge in [0.05, 0.1) is 23.3 Å². The Balaban J connectivity index is 4.17. The number of carbonyl (C=O) groups is 5. The van der Waals surface area contributed by atoms with Crippen LogP contribution in [0.25, 0.3) is 0 Å². The number of ketones is 2. The lowest BCUT2D eigenvalue weighted by Crippen LogP contribution is -2.44. The molecular formula is C29H53N3O6S2. The Morgan fingerprint density at radius 1 is 0.900 bits per heavy atom. The summed E-state index contributed by atoms with van der Waals surface area (Å²) in [6.45, 7) is 16.5. The molecular weight excluding hydrogens is 550 g/mol. The standard InChI is InChI=1S/C29H53N3O6S2/c1-20(2)28(37)38-19-29(7,8)40-39-22(5)15-16-24(33)12-10-14-27(36)32(9)18-26(35)31-23(6)25(34)13-11-17-30-21(3)4/h20-23,30H,10-19H2,1-9H3,(H,31,35)/t22?,23-/m0/s1. The van der Waals surface area contributed by atoms with Gasteiger partial charge in [0.25, 0.3) is 0 Å². The molecule has 0 heterocycles. The molecule has 2 atom stereocenters. The minimum Gasteiger partial charge on any atom is -0.464 e. The molecule has 0 bridgehead atoms. The number of ether oxygens (including phenoxy) is 1. The van der Waals surface area contributed by atoms with Crippen LogP contribution < -0.4 is 10.6 Å². The van der Waals surface area contributed by atoms with E-state index in [0.717, 1.165) is 13.0 Å². The van der Waals surface area contributed by atoms with Crippen molar-refractivity contribution in [3.63, 3.8) is 0 Å². The molecule has 0 rings (SSSR count). The van der Waals surface area contributed by atoms with Crippen LogP contribution in [-0.4, -0.2) is 83.1 Å². The molecule has 2 amide bonds. The van der Waals surface area contributed by atoms with Crippen LogP contribution in [0.3, 0.4) is 0 Å². The highest BCUT2D eigenvalue weighted by Gasteiger charge is 2.24. The van der Waals surface area contributed by atoms with Crippen LogP contribution in [-0.2, 0) is 28.7 Å². The Labute approximate surface area is 249 Å². The van der Waals surface area contributed by atoms with E-state index >= 15 is 0 Å². The third-order valence-corrected chi connectivity index (χ3v) is 9.82. The molecule has 0 aliphatic carbocycles. The van der Waals surface area contributed by atoms with E-state index in [0.29, 0.717) is 44.8 Å². The molecule has 40 heavy (non-hydrogen) atoms. The van der Waals surface area contributed by atoms with Crippen LogP contribution in [0, 0.1) is 5.92 Å². The maximum Gasteiger partial charge on any atom is 0.308 e. The van der Waals surface area contributed by atoms with Gasteiger partial charge in [-0.25, -0.2) is 0 Å². The van der Waals surface area contributed by atoms with Gasteiger partial charge in [0.1, 0.15) is 12.4 Å². The van der Waals surface area contributed by atoms with Gasteiger partial charge in [0.2, 0.25) is 11.8 Å². The number of hydrogen-bond acceptors (Lipinski definition) is 9. The first-order valence-electron chi connectivity index (χ1n) is 14.4. The molecule has 0 radical (unpaired) electrons. The van der Waals surface area contributed by atoms with Gasteiger partial charge < -0.3 is 20.3 Å². The molecule has 0 saturated carbocycles. The maximum absolute atomic E-state index is 12.4. The summed E-state index contributed by atoms with van der Waals surface area (Å²) < 4.78 is 5.13. The third kappa shape index (κ3) is 19.5. The number of nitrogens with zero attached hydrogens (tertiary/aromatic N) is 1. The summed E-state index contributed by atoms with van der Waals surface area (Å²) in [5.41, 5.74) is 0. The fraction of sp³-hybridized carbons (Fsp3) is 0.828. The summed E-state index contributed by atoms with van der Waals surface area (Å²) in [5, 5.41) is 6.18. The quantitative estimate of drug-likeness (QED) is 0.104. The summed E-state index contributed by atoms with van der Waals surface area (Å²) >= 11 is 0. The number of hydrogen-bond donors (Lipinski definition) is 2. The van der Waals surface area contributed by atoms with Crippen LogP contribution in [0.15, 0.2) is 0 Å². The van der Waals surface area contributed by atoms with E-state index in [-0.39, 0.29) is 58.2 Å². The third-order valence-electron chi connectivity index (χ3n) is 5.97. The molecule has 0 aromatic rings. The molecule has 0 aromatic heterocycles. The minimum atomic E-state index is -0.597. The van der Waals surface area contributed by atoms with E-state index in [1.165, 1.54) is 4.90 Å². The normalized spacial score (nSPS) is 13.2. The van der Waals surface area contributed by atoms with Gasteiger partial charge >= 0.3 is 5.97 Å². The summed E-state index contributed by atoms with van der Waals surface area (Å²) in [5.74, 6) is -0.847. The highest BCUT2D eigenvalue weighted by molar-refractivity contribution is 8.77. The average molecular weight is 604 g/mol. The lowest BCUT2D eigenvalue weighted by Gasteiger charge is -2.24. The van der Waals surface area contributed by atoms with E-state index in [1.807, 2.05) is 41.5 Å². The molecule has 0 saturated heterocycles. The largest absolute Gasteiger partial charge is 0.464 e. The molecule has 9 nitrogen and oxygen atoms in total. The Morgan fingerprint density at radius 3 is 2.15 bits per heavy atom. The number of carbonyl (C=O) groups excluding carboxylic acids is 5. The van der Waals surface area contributed by atoms with Crippen LogP contribution in [0.5, 0.6) is 0 Å². The summed E-state index contributed by atoms with van der Waals surface area (Å²) in [4.78, 5) is 62.3. The smallest absolute Gasteiger partial charge is 0.308 e. The number of likely N-dealkylation sites (N-methyl/N-ethyl adjacent to an activating group) is 1. The number of Topliss-reactive ketones (excluding diaryl/α,β-unsaturated/α-hetero) is 2.